The van der Waals surface area contributed by atoms with Crippen LogP contribution in [-0.4, -0.2) is 36.0 Å². The molecule has 0 aliphatic rings. The minimum absolute atomic E-state index is 0.145. The van der Waals surface area contributed by atoms with Crippen LogP contribution in [-0.2, 0) is 6.42 Å². The molecule has 0 atom stereocenters. The molecule has 0 amide bonds. The third-order valence-electron chi connectivity index (χ3n) is 6.59. The highest BCUT2D eigenvalue weighted by molar-refractivity contribution is 5.97. The Morgan fingerprint density at radius 2 is 1.03 bits per heavy atom. The number of aromatic hydroxyl groups is 1. The minimum atomic E-state index is -1.24. The fraction of sp³-hybridized carbons (Fsp3) is 0.774. The summed E-state index contributed by atoms with van der Waals surface area (Å²) in [5.41, 5.74) is 0.444. The van der Waals surface area contributed by atoms with Crippen molar-refractivity contribution >= 4 is 5.97 Å². The second kappa shape index (κ2) is 20.9. The van der Waals surface area contributed by atoms with Crippen molar-refractivity contribution in [2.45, 2.75) is 137 Å². The van der Waals surface area contributed by atoms with Gasteiger partial charge in [-0.3, -0.25) is 0 Å². The molecule has 0 saturated carbocycles. The average Bonchev–Trinajstić information content (AvgIpc) is 2.88. The van der Waals surface area contributed by atoms with Crippen LogP contribution in [0.3, 0.4) is 0 Å². The molecule has 0 heterocycles. The second-order valence-corrected chi connectivity index (χ2v) is 10.0. The van der Waals surface area contributed by atoms with E-state index in [0.29, 0.717) is 37.6 Å². The van der Waals surface area contributed by atoms with Crippen LogP contribution in [0.1, 0.15) is 146 Å². The van der Waals surface area contributed by atoms with E-state index in [4.69, 9.17) is 14.2 Å². The molecule has 0 unspecified atom stereocenters. The molecule has 0 aromatic heterocycles. The summed E-state index contributed by atoms with van der Waals surface area (Å²) < 4.78 is 18.2. The molecule has 6 heteroatoms. The van der Waals surface area contributed by atoms with Crippen molar-refractivity contribution in [3.05, 3.63) is 11.1 Å². The van der Waals surface area contributed by atoms with Crippen molar-refractivity contribution in [3.8, 4) is 23.0 Å². The highest BCUT2D eigenvalue weighted by Gasteiger charge is 2.31. The molecule has 37 heavy (non-hydrogen) atoms. The second-order valence-electron chi connectivity index (χ2n) is 10.0. The van der Waals surface area contributed by atoms with Gasteiger partial charge in [0.25, 0.3) is 0 Å². The molecule has 6 nitrogen and oxygen atoms in total. The number of aromatic carboxylic acids is 1. The van der Waals surface area contributed by atoms with Crippen molar-refractivity contribution in [1.29, 1.82) is 0 Å². The molecular weight excluding hydrogens is 468 g/mol. The van der Waals surface area contributed by atoms with E-state index in [1.54, 1.807) is 0 Å². The smallest absolute Gasteiger partial charge is 0.343 e. The number of ether oxygens (including phenoxy) is 3. The lowest BCUT2D eigenvalue weighted by molar-refractivity contribution is 0.0686. The largest absolute Gasteiger partial charge is 0.504 e. The highest BCUT2D eigenvalue weighted by Crippen LogP contribution is 2.49. The molecule has 0 fully saturated rings. The lowest BCUT2D eigenvalue weighted by Crippen LogP contribution is -2.12. The Kier molecular flexibility index (Phi) is 18.6. The van der Waals surface area contributed by atoms with Crippen molar-refractivity contribution in [2.75, 3.05) is 19.8 Å². The SMILES string of the molecule is CCCCCCCCCOc1c(CCC)c(OCCC)c(O)c(C(=O)O)c1OCCCCCCCCC. The van der Waals surface area contributed by atoms with E-state index in [9.17, 15) is 15.0 Å². The topological polar surface area (TPSA) is 85.2 Å². The number of hydrogen-bond donors (Lipinski definition) is 2. The standard InChI is InChI=1S/C31H54O6/c1-5-9-11-13-15-17-19-23-36-29-25(21-7-3)28(35-22-8-4)27(32)26(31(33)34)30(29)37-24-20-18-16-14-12-10-6-2/h32H,5-24H2,1-4H3,(H,33,34). The van der Waals surface area contributed by atoms with Gasteiger partial charge < -0.3 is 24.4 Å². The summed E-state index contributed by atoms with van der Waals surface area (Å²) in [6.45, 7) is 9.71. The normalized spacial score (nSPS) is 11.0. The van der Waals surface area contributed by atoms with Crippen LogP contribution in [0.2, 0.25) is 0 Å². The van der Waals surface area contributed by atoms with Gasteiger partial charge in [-0.1, -0.05) is 111 Å². The van der Waals surface area contributed by atoms with Gasteiger partial charge in [-0.2, -0.15) is 0 Å². The Labute approximate surface area is 226 Å². The van der Waals surface area contributed by atoms with E-state index in [1.165, 1.54) is 57.8 Å². The van der Waals surface area contributed by atoms with Gasteiger partial charge in [0.2, 0.25) is 0 Å². The third kappa shape index (κ3) is 12.3. The van der Waals surface area contributed by atoms with Gasteiger partial charge in [-0.15, -0.1) is 0 Å². The van der Waals surface area contributed by atoms with Crippen molar-refractivity contribution < 1.29 is 29.2 Å². The van der Waals surface area contributed by atoms with Gasteiger partial charge in [0, 0.05) is 5.56 Å². The van der Waals surface area contributed by atoms with Crippen LogP contribution < -0.4 is 14.2 Å². The molecule has 0 aliphatic carbocycles. The molecular formula is C31H54O6. The molecule has 0 spiro atoms. The Bertz CT molecular complexity index is 746. The lowest BCUT2D eigenvalue weighted by Gasteiger charge is -2.23. The maximum Gasteiger partial charge on any atom is 0.343 e. The maximum absolute atomic E-state index is 12.3. The van der Waals surface area contributed by atoms with Gasteiger partial charge in [0.15, 0.2) is 28.6 Å². The first-order chi connectivity index (χ1) is 18.0. The van der Waals surface area contributed by atoms with Crippen LogP contribution >= 0.6 is 0 Å². The quantitative estimate of drug-likeness (QED) is 0.132. The number of carbonyl (C=O) groups is 1. The van der Waals surface area contributed by atoms with Gasteiger partial charge in [-0.05, 0) is 25.7 Å². The van der Waals surface area contributed by atoms with E-state index < -0.39 is 5.97 Å². The molecule has 2 N–H and O–H groups in total. The first-order valence-electron chi connectivity index (χ1n) is 15.1. The third-order valence-corrected chi connectivity index (χ3v) is 6.59. The summed E-state index contributed by atoms with van der Waals surface area (Å²) >= 11 is 0. The fourth-order valence-electron chi connectivity index (χ4n) is 4.51. The molecule has 1 rings (SSSR count). The molecule has 0 bridgehead atoms. The van der Waals surface area contributed by atoms with Crippen molar-refractivity contribution in [2.24, 2.45) is 0 Å². The van der Waals surface area contributed by atoms with Crippen LogP contribution in [0.4, 0.5) is 0 Å². The van der Waals surface area contributed by atoms with Crippen LogP contribution in [0.5, 0.6) is 23.0 Å². The average molecular weight is 523 g/mol. The van der Waals surface area contributed by atoms with Gasteiger partial charge in [0.05, 0.1) is 19.8 Å². The van der Waals surface area contributed by atoms with Gasteiger partial charge >= 0.3 is 5.97 Å². The Morgan fingerprint density at radius 3 is 1.49 bits per heavy atom. The van der Waals surface area contributed by atoms with E-state index in [2.05, 4.69) is 13.8 Å². The number of benzene rings is 1. The molecule has 0 radical (unpaired) electrons. The zero-order valence-corrected chi connectivity index (χ0v) is 24.2. The molecule has 1 aromatic rings. The Hall–Kier alpha value is -2.11. The predicted molar refractivity (Wildman–Crippen MR) is 152 cm³/mol. The lowest BCUT2D eigenvalue weighted by atomic mass is 10.0. The number of carboxylic acid groups (broad SMARTS) is 1. The first-order valence-corrected chi connectivity index (χ1v) is 15.1. The molecule has 0 saturated heterocycles. The predicted octanol–water partition coefficient (Wildman–Crippen LogP) is 9.09. The number of rotatable bonds is 24. The van der Waals surface area contributed by atoms with Crippen LogP contribution in [0.15, 0.2) is 0 Å². The molecule has 214 valence electrons. The van der Waals surface area contributed by atoms with Gasteiger partial charge in [-0.25, -0.2) is 4.79 Å². The summed E-state index contributed by atoms with van der Waals surface area (Å²) in [6.07, 6.45) is 18.3. The van der Waals surface area contributed by atoms with E-state index in [1.807, 2.05) is 13.8 Å². The minimum Gasteiger partial charge on any atom is -0.504 e. The summed E-state index contributed by atoms with van der Waals surface area (Å²) in [6, 6.07) is 0. The summed E-state index contributed by atoms with van der Waals surface area (Å²) in [5.74, 6) is -0.804. The van der Waals surface area contributed by atoms with Crippen molar-refractivity contribution in [1.82, 2.24) is 0 Å². The number of phenols is 1. The monoisotopic (exact) mass is 522 g/mol. The number of carboxylic acids is 1. The van der Waals surface area contributed by atoms with Crippen LogP contribution in [0, 0.1) is 0 Å². The number of hydrogen-bond acceptors (Lipinski definition) is 5. The Morgan fingerprint density at radius 1 is 0.568 bits per heavy atom. The summed E-state index contributed by atoms with van der Waals surface area (Å²) in [7, 11) is 0. The Balaban J connectivity index is 3.08. The van der Waals surface area contributed by atoms with E-state index in [-0.39, 0.29) is 22.8 Å². The van der Waals surface area contributed by atoms with Gasteiger partial charge in [0.1, 0.15) is 0 Å². The molecule has 1 aromatic carbocycles. The van der Waals surface area contributed by atoms with E-state index in [0.717, 1.165) is 44.9 Å². The first kappa shape index (κ1) is 32.9. The number of unbranched alkanes of at least 4 members (excludes halogenated alkanes) is 12. The maximum atomic E-state index is 12.3. The molecule has 0 aliphatic heterocycles. The van der Waals surface area contributed by atoms with Crippen LogP contribution in [0.25, 0.3) is 0 Å². The highest BCUT2D eigenvalue weighted by atomic mass is 16.5. The zero-order chi connectivity index (χ0) is 27.3. The fourth-order valence-corrected chi connectivity index (χ4v) is 4.51. The summed E-state index contributed by atoms with van der Waals surface area (Å²) in [4.78, 5) is 12.3. The van der Waals surface area contributed by atoms with E-state index >= 15 is 0 Å². The summed E-state index contributed by atoms with van der Waals surface area (Å²) in [5, 5.41) is 21.0. The zero-order valence-electron chi connectivity index (χ0n) is 24.2. The van der Waals surface area contributed by atoms with Crippen molar-refractivity contribution in [3.63, 3.8) is 0 Å².